The molecule has 166 valence electrons. The number of anilines is 1. The first-order chi connectivity index (χ1) is 15.2. The quantitative estimate of drug-likeness (QED) is 0.640. The van der Waals surface area contributed by atoms with Crippen LogP contribution in [-0.2, 0) is 11.0 Å². The van der Waals surface area contributed by atoms with Gasteiger partial charge in [-0.3, -0.25) is 9.69 Å². The van der Waals surface area contributed by atoms with Gasteiger partial charge in [-0.15, -0.1) is 0 Å². The average molecular weight is 443 g/mol. The third-order valence-corrected chi connectivity index (χ3v) is 5.41. The average Bonchev–Trinajstić information content (AvgIpc) is 3.33. The van der Waals surface area contributed by atoms with Gasteiger partial charge < -0.3 is 10.3 Å². The highest BCUT2D eigenvalue weighted by molar-refractivity contribution is 5.96. The molecule has 4 rings (SSSR count). The Kier molecular flexibility index (Phi) is 5.56. The Morgan fingerprint density at radius 1 is 1.31 bits per heavy atom. The van der Waals surface area contributed by atoms with Gasteiger partial charge in [0.1, 0.15) is 11.5 Å². The van der Waals surface area contributed by atoms with Crippen molar-refractivity contribution >= 4 is 22.6 Å². The number of nitriles is 1. The van der Waals surface area contributed by atoms with E-state index in [9.17, 15) is 23.2 Å². The van der Waals surface area contributed by atoms with Crippen molar-refractivity contribution in [2.45, 2.75) is 37.9 Å². The maximum Gasteiger partial charge on any atom is 0.433 e. The number of aromatic nitrogens is 4. The molecule has 0 aliphatic carbocycles. The van der Waals surface area contributed by atoms with Gasteiger partial charge in [0.2, 0.25) is 5.91 Å². The fourth-order valence-corrected chi connectivity index (χ4v) is 3.82. The maximum atomic E-state index is 13.1. The second kappa shape index (κ2) is 8.20. The molecule has 0 spiro atoms. The highest BCUT2D eigenvalue weighted by Gasteiger charge is 2.35. The molecule has 0 radical (unpaired) electrons. The van der Waals surface area contributed by atoms with Gasteiger partial charge in [-0.05, 0) is 57.6 Å². The molecule has 3 heterocycles. The number of alkyl halides is 3. The van der Waals surface area contributed by atoms with Crippen LogP contribution in [0.1, 0.15) is 41.8 Å². The summed E-state index contributed by atoms with van der Waals surface area (Å²) >= 11 is 0. The van der Waals surface area contributed by atoms with Crippen LogP contribution >= 0.6 is 0 Å². The van der Waals surface area contributed by atoms with Gasteiger partial charge >= 0.3 is 6.18 Å². The molecule has 2 aromatic heterocycles. The Morgan fingerprint density at radius 3 is 2.75 bits per heavy atom. The smallest absolute Gasteiger partial charge is 0.340 e. The zero-order valence-electron chi connectivity index (χ0n) is 17.4. The first-order valence-corrected chi connectivity index (χ1v) is 9.99. The topological polar surface area (TPSA) is 111 Å². The van der Waals surface area contributed by atoms with E-state index in [4.69, 9.17) is 0 Å². The largest absolute Gasteiger partial charge is 0.433 e. The van der Waals surface area contributed by atoms with E-state index in [1.807, 2.05) is 18.0 Å². The van der Waals surface area contributed by atoms with Crippen LogP contribution in [0.25, 0.3) is 11.0 Å². The highest BCUT2D eigenvalue weighted by atomic mass is 19.4. The minimum Gasteiger partial charge on any atom is -0.340 e. The lowest BCUT2D eigenvalue weighted by molar-refractivity contribution is -0.141. The number of aromatic amines is 1. The Hall–Kier alpha value is -3.52. The van der Waals surface area contributed by atoms with Crippen LogP contribution in [0.2, 0.25) is 0 Å². The monoisotopic (exact) mass is 443 g/mol. The number of hydrogen-bond donors (Lipinski definition) is 2. The highest BCUT2D eigenvalue weighted by Crippen LogP contribution is 2.30. The van der Waals surface area contributed by atoms with E-state index < -0.39 is 17.8 Å². The van der Waals surface area contributed by atoms with E-state index in [2.05, 4.69) is 25.3 Å². The summed E-state index contributed by atoms with van der Waals surface area (Å²) in [5, 5.41) is 12.5. The Labute approximate surface area is 181 Å². The molecule has 8 nitrogen and oxygen atoms in total. The number of imidazole rings is 1. The number of carbonyl (C=O) groups is 1. The van der Waals surface area contributed by atoms with Gasteiger partial charge in [-0.1, -0.05) is 0 Å². The van der Waals surface area contributed by atoms with Gasteiger partial charge in [-0.2, -0.15) is 18.4 Å². The molecule has 1 fully saturated rings. The Balaban J connectivity index is 1.63. The third-order valence-electron chi connectivity index (χ3n) is 5.41. The van der Waals surface area contributed by atoms with Crippen LogP contribution in [0.3, 0.4) is 0 Å². The minimum atomic E-state index is -4.66. The molecule has 0 saturated carbocycles. The summed E-state index contributed by atoms with van der Waals surface area (Å²) in [6.45, 7) is 2.28. The molecule has 11 heteroatoms. The molecule has 1 amide bonds. The standard InChI is InChI=1S/C21H20F3N7O/c1-11-8-17(21(22,23)24)30-18(26-11)13(10-25)19-28-14-6-5-12(9-15(14)29-19)27-20(32)16-4-3-7-31(16)2/h5-6,8-9,13,16H,3-4,7H2,1-2H3,(H,27,32)(H,28,29)/t13?,16-/m0/s1. The SMILES string of the molecule is Cc1cc(C(F)(F)F)nc(C(C#N)c2nc3ccc(NC(=O)[C@@H]4CCCN4C)cc3[nH]2)n1. The number of amides is 1. The number of carbonyl (C=O) groups excluding carboxylic acids is 1. The van der Waals surface area contributed by atoms with Gasteiger partial charge in [0.25, 0.3) is 0 Å². The van der Waals surface area contributed by atoms with Crippen LogP contribution in [0.15, 0.2) is 24.3 Å². The molecule has 0 bridgehead atoms. The van der Waals surface area contributed by atoms with Crippen LogP contribution < -0.4 is 5.32 Å². The Bertz CT molecular complexity index is 1210. The summed E-state index contributed by atoms with van der Waals surface area (Å²) in [5.74, 6) is -1.47. The van der Waals surface area contributed by atoms with Gasteiger partial charge in [0, 0.05) is 11.4 Å². The molecule has 3 aromatic rings. The lowest BCUT2D eigenvalue weighted by Crippen LogP contribution is -2.37. The van der Waals surface area contributed by atoms with E-state index >= 15 is 0 Å². The first kappa shape index (κ1) is 21.7. The predicted molar refractivity (Wildman–Crippen MR) is 110 cm³/mol. The van der Waals surface area contributed by atoms with Crippen molar-refractivity contribution in [3.8, 4) is 6.07 Å². The van der Waals surface area contributed by atoms with Gasteiger partial charge in [-0.25, -0.2) is 15.0 Å². The Morgan fingerprint density at radius 2 is 2.09 bits per heavy atom. The molecule has 1 aliphatic heterocycles. The van der Waals surface area contributed by atoms with Crippen molar-refractivity contribution in [3.63, 3.8) is 0 Å². The number of nitrogens with zero attached hydrogens (tertiary/aromatic N) is 5. The molecular formula is C21H20F3N7O. The fraction of sp³-hybridized carbons (Fsp3) is 0.381. The van der Waals surface area contributed by atoms with Crippen LogP contribution in [-0.4, -0.2) is 50.4 Å². The molecule has 1 aromatic carbocycles. The molecule has 1 aliphatic rings. The molecule has 32 heavy (non-hydrogen) atoms. The number of halogens is 3. The number of rotatable bonds is 4. The maximum absolute atomic E-state index is 13.1. The van der Waals surface area contributed by atoms with Crippen LogP contribution in [0, 0.1) is 18.3 Å². The van der Waals surface area contributed by atoms with Crippen molar-refractivity contribution < 1.29 is 18.0 Å². The number of aryl methyl sites for hydroxylation is 1. The van der Waals surface area contributed by atoms with Crippen LogP contribution in [0.5, 0.6) is 0 Å². The number of likely N-dealkylation sites (N-methyl/N-ethyl adjacent to an activating group) is 1. The summed E-state index contributed by atoms with van der Waals surface area (Å²) in [7, 11) is 1.90. The number of likely N-dealkylation sites (tertiary alicyclic amines) is 1. The predicted octanol–water partition coefficient (Wildman–Crippen LogP) is 3.37. The van der Waals surface area contributed by atoms with E-state index in [0.717, 1.165) is 25.5 Å². The van der Waals surface area contributed by atoms with Gasteiger partial charge in [0.15, 0.2) is 11.7 Å². The van der Waals surface area contributed by atoms with Crippen molar-refractivity contribution in [1.29, 1.82) is 5.26 Å². The number of hydrogen-bond acceptors (Lipinski definition) is 6. The second-order valence-corrected chi connectivity index (χ2v) is 7.79. The zero-order chi connectivity index (χ0) is 23.0. The molecule has 2 N–H and O–H groups in total. The van der Waals surface area contributed by atoms with Crippen molar-refractivity contribution in [3.05, 3.63) is 47.3 Å². The molecule has 1 saturated heterocycles. The van der Waals surface area contributed by atoms with E-state index in [0.29, 0.717) is 16.7 Å². The van der Waals surface area contributed by atoms with Crippen LogP contribution in [0.4, 0.5) is 18.9 Å². The summed E-state index contributed by atoms with van der Waals surface area (Å²) in [6.07, 6.45) is -2.90. The van der Waals surface area contributed by atoms with E-state index in [-0.39, 0.29) is 29.3 Å². The first-order valence-electron chi connectivity index (χ1n) is 9.99. The molecule has 2 atom stereocenters. The van der Waals surface area contributed by atoms with Crippen molar-refractivity contribution in [2.75, 3.05) is 18.9 Å². The summed E-state index contributed by atoms with van der Waals surface area (Å²) in [6, 6.07) is 7.59. The minimum absolute atomic E-state index is 0.0977. The zero-order valence-corrected chi connectivity index (χ0v) is 17.4. The lowest BCUT2D eigenvalue weighted by Gasteiger charge is -2.18. The molecule has 1 unspecified atom stereocenters. The van der Waals surface area contributed by atoms with Gasteiger partial charge in [0.05, 0.1) is 23.1 Å². The third kappa shape index (κ3) is 4.27. The second-order valence-electron chi connectivity index (χ2n) is 7.79. The number of fused-ring (bicyclic) bond motifs is 1. The summed E-state index contributed by atoms with van der Waals surface area (Å²) in [5.41, 5.74) is 0.568. The number of nitrogens with one attached hydrogen (secondary N) is 2. The normalized spacial score (nSPS) is 17.9. The fourth-order valence-electron chi connectivity index (χ4n) is 3.82. The van der Waals surface area contributed by atoms with E-state index in [1.54, 1.807) is 18.2 Å². The van der Waals surface area contributed by atoms with Crippen molar-refractivity contribution in [2.24, 2.45) is 0 Å². The summed E-state index contributed by atoms with van der Waals surface area (Å²) in [4.78, 5) is 29.4. The number of H-pyrrole nitrogens is 1. The summed E-state index contributed by atoms with van der Waals surface area (Å²) < 4.78 is 39.4. The lowest BCUT2D eigenvalue weighted by atomic mass is 10.1. The molecular weight excluding hydrogens is 423 g/mol. The number of benzene rings is 1. The van der Waals surface area contributed by atoms with Crippen molar-refractivity contribution in [1.82, 2.24) is 24.8 Å². The van der Waals surface area contributed by atoms with E-state index in [1.165, 1.54) is 6.92 Å².